The third-order valence-electron chi connectivity index (χ3n) is 7.77. The molecule has 0 saturated carbocycles. The van der Waals surface area contributed by atoms with Gasteiger partial charge in [-0.05, 0) is 81.3 Å². The average Bonchev–Trinajstić information content (AvgIpc) is 3.06. The van der Waals surface area contributed by atoms with E-state index < -0.39 is 5.41 Å². The lowest BCUT2D eigenvalue weighted by Crippen LogP contribution is -2.47. The highest BCUT2D eigenvalue weighted by molar-refractivity contribution is 6.20. The molecule has 0 unspecified atom stereocenters. The summed E-state index contributed by atoms with van der Waals surface area (Å²) in [4.78, 5) is 50.3. The molecule has 4 rings (SSSR count). The maximum atomic E-state index is 13.3. The van der Waals surface area contributed by atoms with Crippen LogP contribution in [0.5, 0.6) is 5.75 Å². The van der Waals surface area contributed by atoms with Gasteiger partial charge >= 0.3 is 0 Å². The summed E-state index contributed by atoms with van der Waals surface area (Å²) >= 11 is 0. The summed E-state index contributed by atoms with van der Waals surface area (Å²) in [6.45, 7) is 8.64. The van der Waals surface area contributed by atoms with Gasteiger partial charge in [-0.15, -0.1) is 24.8 Å². The molecule has 0 saturated heterocycles. The molecule has 0 fully saturated rings. The van der Waals surface area contributed by atoms with E-state index >= 15 is 0 Å². The Labute approximate surface area is 277 Å². The number of likely N-dealkylation sites (N-methyl/N-ethyl adjacent to an activating group) is 1. The third kappa shape index (κ3) is 8.93. The van der Waals surface area contributed by atoms with E-state index in [0.717, 1.165) is 18.5 Å². The first-order chi connectivity index (χ1) is 20.5. The van der Waals surface area contributed by atoms with Gasteiger partial charge in [0, 0.05) is 70.8 Å². The number of hydrogen-bond acceptors (Lipinski definition) is 6. The molecule has 0 radical (unpaired) electrons. The first-order valence-electron chi connectivity index (χ1n) is 14.5. The van der Waals surface area contributed by atoms with Crippen molar-refractivity contribution in [1.29, 1.82) is 0 Å². The van der Waals surface area contributed by atoms with Gasteiger partial charge in [0.25, 0.3) is 5.91 Å². The van der Waals surface area contributed by atoms with Gasteiger partial charge in [0.15, 0.2) is 0 Å². The summed E-state index contributed by atoms with van der Waals surface area (Å²) in [5, 5.41) is 0. The molecule has 45 heavy (non-hydrogen) atoms. The van der Waals surface area contributed by atoms with Crippen LogP contribution in [0, 0.1) is 11.2 Å². The molecule has 2 heterocycles. The molecule has 3 amide bonds. The Bertz CT molecular complexity index is 1440. The number of benzene rings is 2. The zero-order valence-electron chi connectivity index (χ0n) is 26.4. The van der Waals surface area contributed by atoms with Gasteiger partial charge < -0.3 is 19.4 Å². The zero-order chi connectivity index (χ0) is 31.1. The van der Waals surface area contributed by atoms with Gasteiger partial charge in [-0.25, -0.2) is 4.39 Å². The largest absolute Gasteiger partial charge is 0.493 e. The van der Waals surface area contributed by atoms with Crippen LogP contribution in [0.25, 0.3) is 0 Å². The molecule has 1 aromatic heterocycles. The van der Waals surface area contributed by atoms with Crippen LogP contribution in [0.4, 0.5) is 15.8 Å². The number of aromatic nitrogens is 1. The van der Waals surface area contributed by atoms with Gasteiger partial charge in [0.05, 0.1) is 18.0 Å². The first-order valence-corrected chi connectivity index (χ1v) is 14.5. The molecule has 3 aromatic rings. The molecule has 1 aliphatic rings. The van der Waals surface area contributed by atoms with Crippen molar-refractivity contribution in [3.63, 3.8) is 0 Å². The summed E-state index contributed by atoms with van der Waals surface area (Å²) in [5.41, 5.74) is 1.71. The fraction of sp³-hybridized carbons (Fsp3) is 0.394. The predicted octanol–water partition coefficient (Wildman–Crippen LogP) is 5.46. The smallest absolute Gasteiger partial charge is 0.253 e. The number of anilines is 2. The number of carbonyl (C=O) groups excluding carboxylic acids is 3. The maximum Gasteiger partial charge on any atom is 0.253 e. The quantitative estimate of drug-likeness (QED) is 0.189. The highest BCUT2D eigenvalue weighted by Crippen LogP contribution is 2.40. The second kappa shape index (κ2) is 16.5. The number of halogens is 3. The van der Waals surface area contributed by atoms with Crippen LogP contribution in [0.1, 0.15) is 43.1 Å². The van der Waals surface area contributed by atoms with E-state index in [4.69, 9.17) is 4.74 Å². The molecule has 244 valence electrons. The molecule has 0 N–H and O–H groups in total. The zero-order valence-corrected chi connectivity index (χ0v) is 28.0. The average molecular weight is 663 g/mol. The first kappa shape index (κ1) is 37.5. The van der Waals surface area contributed by atoms with Crippen molar-refractivity contribution in [1.82, 2.24) is 14.8 Å². The fourth-order valence-electron chi connectivity index (χ4n) is 5.17. The summed E-state index contributed by atoms with van der Waals surface area (Å²) in [7, 11) is 3.43. The van der Waals surface area contributed by atoms with E-state index in [2.05, 4.69) is 9.88 Å². The molecule has 2 aromatic carbocycles. The van der Waals surface area contributed by atoms with E-state index in [9.17, 15) is 18.8 Å². The molecule has 1 aliphatic heterocycles. The Morgan fingerprint density at radius 2 is 1.60 bits per heavy atom. The second-order valence-electron chi connectivity index (χ2n) is 11.3. The number of fused-ring (bicyclic) bond motifs is 1. The molecule has 0 spiro atoms. The van der Waals surface area contributed by atoms with Crippen LogP contribution in [-0.4, -0.2) is 79.4 Å². The van der Waals surface area contributed by atoms with Crippen molar-refractivity contribution >= 4 is 53.9 Å². The number of pyridine rings is 1. The molecule has 0 bridgehead atoms. The minimum Gasteiger partial charge on any atom is -0.493 e. The Morgan fingerprint density at radius 1 is 0.933 bits per heavy atom. The Hall–Kier alpha value is -3.73. The van der Waals surface area contributed by atoms with Gasteiger partial charge in [-0.3, -0.25) is 24.3 Å². The van der Waals surface area contributed by atoms with Crippen LogP contribution < -0.4 is 14.5 Å². The maximum absolute atomic E-state index is 13.3. The Morgan fingerprint density at radius 3 is 2.24 bits per heavy atom. The van der Waals surface area contributed by atoms with Crippen molar-refractivity contribution < 1.29 is 23.5 Å². The van der Waals surface area contributed by atoms with E-state index in [-0.39, 0.29) is 48.4 Å². The summed E-state index contributed by atoms with van der Waals surface area (Å²) < 4.78 is 19.4. The lowest BCUT2D eigenvalue weighted by Gasteiger charge is -2.27. The minimum atomic E-state index is -1.17. The van der Waals surface area contributed by atoms with Gasteiger partial charge in [-0.1, -0.05) is 0 Å². The molecule has 12 heteroatoms. The Balaban J connectivity index is 0.00000353. The van der Waals surface area contributed by atoms with Crippen LogP contribution >= 0.6 is 24.8 Å². The predicted molar refractivity (Wildman–Crippen MR) is 179 cm³/mol. The number of amides is 3. The van der Waals surface area contributed by atoms with Crippen molar-refractivity contribution in [2.75, 3.05) is 56.7 Å². The lowest BCUT2D eigenvalue weighted by atomic mass is 9.90. The number of carbonyl (C=O) groups is 3. The fourth-order valence-corrected chi connectivity index (χ4v) is 5.17. The minimum absolute atomic E-state index is 0. The molecule has 0 atom stereocenters. The summed E-state index contributed by atoms with van der Waals surface area (Å²) in [6, 6.07) is 15.0. The SMILES string of the molecule is CCN1C(=O)C(C)(C)C(=O)N(C)c2cc(OCCCN(CCN(C)C(=O)c3ccc(F)cc3)Cc3ccncc3)ccc21.Cl.Cl. The normalized spacial score (nSPS) is 13.8. The van der Waals surface area contributed by atoms with E-state index in [0.29, 0.717) is 55.5 Å². The third-order valence-corrected chi connectivity index (χ3v) is 7.77. The van der Waals surface area contributed by atoms with Crippen molar-refractivity contribution in [2.24, 2.45) is 5.41 Å². The molecule has 0 aliphatic carbocycles. The van der Waals surface area contributed by atoms with Gasteiger partial charge in [-0.2, -0.15) is 0 Å². The second-order valence-corrected chi connectivity index (χ2v) is 11.3. The van der Waals surface area contributed by atoms with E-state index in [1.807, 2.05) is 37.3 Å². The standard InChI is InChI=1S/C33H40FN5O4.2ClH/c1-6-39-28-13-12-27(22-29(28)37(5)31(41)33(2,3)32(39)42)43-21-7-18-38(23-24-14-16-35-17-15-24)20-19-36(4)30(40)25-8-10-26(34)11-9-25;;/h8-17,22H,6-7,18-21,23H2,1-5H3;2*1H. The van der Waals surface area contributed by atoms with Crippen LogP contribution in [0.3, 0.4) is 0 Å². The number of rotatable bonds is 12. The highest BCUT2D eigenvalue weighted by atomic mass is 35.5. The summed E-state index contributed by atoms with van der Waals surface area (Å²) in [6.07, 6.45) is 4.24. The molecular formula is C33H42Cl2FN5O4. The van der Waals surface area contributed by atoms with E-state index in [1.165, 1.54) is 29.2 Å². The van der Waals surface area contributed by atoms with E-state index in [1.54, 1.807) is 50.1 Å². The Kier molecular flexibility index (Phi) is 13.8. The monoisotopic (exact) mass is 661 g/mol. The summed E-state index contributed by atoms with van der Waals surface area (Å²) in [5.74, 6) is -0.407. The highest BCUT2D eigenvalue weighted by Gasteiger charge is 2.45. The topological polar surface area (TPSA) is 86.3 Å². The lowest BCUT2D eigenvalue weighted by molar-refractivity contribution is -0.137. The van der Waals surface area contributed by atoms with Crippen LogP contribution in [0.15, 0.2) is 67.0 Å². The number of nitrogens with zero attached hydrogens (tertiary/aromatic N) is 5. The van der Waals surface area contributed by atoms with Crippen molar-refractivity contribution in [2.45, 2.75) is 33.7 Å². The van der Waals surface area contributed by atoms with Crippen LogP contribution in [-0.2, 0) is 16.1 Å². The molecular weight excluding hydrogens is 620 g/mol. The molecule has 9 nitrogen and oxygen atoms in total. The van der Waals surface area contributed by atoms with Crippen LogP contribution in [0.2, 0.25) is 0 Å². The van der Waals surface area contributed by atoms with Gasteiger partial charge in [0.1, 0.15) is 17.0 Å². The number of ether oxygens (including phenoxy) is 1. The number of hydrogen-bond donors (Lipinski definition) is 0. The van der Waals surface area contributed by atoms with Crippen molar-refractivity contribution in [3.8, 4) is 5.75 Å². The van der Waals surface area contributed by atoms with Crippen molar-refractivity contribution in [3.05, 3.63) is 83.9 Å². The van der Waals surface area contributed by atoms with Gasteiger partial charge in [0.2, 0.25) is 11.8 Å².